The number of benzene rings is 1. The van der Waals surface area contributed by atoms with Crippen LogP contribution in [0.5, 0.6) is 5.75 Å². The van der Waals surface area contributed by atoms with Gasteiger partial charge in [0.1, 0.15) is 5.75 Å². The SMILES string of the molecule is COc1ccc(N2CCC(CC(N)=O)CC2)c(N)c1. The van der Waals surface area contributed by atoms with Gasteiger partial charge in [-0.15, -0.1) is 0 Å². The van der Waals surface area contributed by atoms with Crippen LogP contribution in [-0.4, -0.2) is 26.1 Å². The molecule has 0 aromatic heterocycles. The third-order valence-electron chi connectivity index (χ3n) is 3.68. The molecule has 0 atom stereocenters. The Kier molecular flexibility index (Phi) is 4.14. The van der Waals surface area contributed by atoms with Crippen LogP contribution in [0.1, 0.15) is 19.3 Å². The third-order valence-corrected chi connectivity index (χ3v) is 3.68. The molecule has 19 heavy (non-hydrogen) atoms. The number of primary amides is 1. The van der Waals surface area contributed by atoms with Crippen LogP contribution in [0.2, 0.25) is 0 Å². The van der Waals surface area contributed by atoms with E-state index in [1.807, 2.05) is 18.2 Å². The van der Waals surface area contributed by atoms with Gasteiger partial charge < -0.3 is 21.1 Å². The van der Waals surface area contributed by atoms with Crippen molar-refractivity contribution in [3.05, 3.63) is 18.2 Å². The average Bonchev–Trinajstić information content (AvgIpc) is 2.39. The highest BCUT2D eigenvalue weighted by atomic mass is 16.5. The van der Waals surface area contributed by atoms with Gasteiger partial charge in [-0.2, -0.15) is 0 Å². The summed E-state index contributed by atoms with van der Waals surface area (Å²) in [4.78, 5) is 13.2. The maximum atomic E-state index is 10.9. The quantitative estimate of drug-likeness (QED) is 0.804. The molecule has 2 rings (SSSR count). The molecule has 0 saturated carbocycles. The summed E-state index contributed by atoms with van der Waals surface area (Å²) in [6.07, 6.45) is 2.45. The van der Waals surface area contributed by atoms with Crippen molar-refractivity contribution >= 4 is 17.3 Å². The van der Waals surface area contributed by atoms with Crippen molar-refractivity contribution in [3.8, 4) is 5.75 Å². The summed E-state index contributed by atoms with van der Waals surface area (Å²) in [5, 5.41) is 0. The molecule has 4 N–H and O–H groups in total. The second-order valence-corrected chi connectivity index (χ2v) is 5.03. The standard InChI is InChI=1S/C14H21N3O2/c1-19-11-2-3-13(12(15)9-11)17-6-4-10(5-7-17)8-14(16)18/h2-3,9-10H,4-8,15H2,1H3,(H2,16,18). The summed E-state index contributed by atoms with van der Waals surface area (Å²) in [6, 6.07) is 5.74. The maximum Gasteiger partial charge on any atom is 0.217 e. The van der Waals surface area contributed by atoms with E-state index in [1.165, 1.54) is 0 Å². The van der Waals surface area contributed by atoms with E-state index in [0.717, 1.165) is 43.1 Å². The van der Waals surface area contributed by atoms with Gasteiger partial charge in [0.25, 0.3) is 0 Å². The molecule has 5 heteroatoms. The number of methoxy groups -OCH3 is 1. The first kappa shape index (κ1) is 13.5. The van der Waals surface area contributed by atoms with Crippen molar-refractivity contribution in [1.29, 1.82) is 0 Å². The fourth-order valence-electron chi connectivity index (χ4n) is 2.61. The lowest BCUT2D eigenvalue weighted by Gasteiger charge is -2.34. The van der Waals surface area contributed by atoms with Crippen LogP contribution >= 0.6 is 0 Å². The van der Waals surface area contributed by atoms with Gasteiger partial charge in [-0.25, -0.2) is 0 Å². The van der Waals surface area contributed by atoms with Crippen LogP contribution in [0.15, 0.2) is 18.2 Å². The third kappa shape index (κ3) is 3.30. The fraction of sp³-hybridized carbons (Fsp3) is 0.500. The van der Waals surface area contributed by atoms with Gasteiger partial charge in [0.2, 0.25) is 5.91 Å². The second kappa shape index (κ2) is 5.82. The lowest BCUT2D eigenvalue weighted by molar-refractivity contribution is -0.119. The zero-order valence-electron chi connectivity index (χ0n) is 11.3. The minimum absolute atomic E-state index is 0.206. The number of anilines is 2. The highest BCUT2D eigenvalue weighted by Crippen LogP contribution is 2.31. The predicted molar refractivity (Wildman–Crippen MR) is 76.2 cm³/mol. The number of piperidine rings is 1. The monoisotopic (exact) mass is 263 g/mol. The van der Waals surface area contributed by atoms with Crippen LogP contribution in [0.25, 0.3) is 0 Å². The molecule has 5 nitrogen and oxygen atoms in total. The molecule has 1 saturated heterocycles. The Morgan fingerprint density at radius 3 is 2.63 bits per heavy atom. The molecule has 0 unspecified atom stereocenters. The smallest absolute Gasteiger partial charge is 0.217 e. The van der Waals surface area contributed by atoms with Gasteiger partial charge in [-0.05, 0) is 30.9 Å². The van der Waals surface area contributed by atoms with Gasteiger partial charge in [-0.1, -0.05) is 0 Å². The lowest BCUT2D eigenvalue weighted by Crippen LogP contribution is -2.35. The molecule has 1 amide bonds. The minimum atomic E-state index is -0.206. The molecule has 1 aromatic rings. The van der Waals surface area contributed by atoms with Crippen LogP contribution in [0.3, 0.4) is 0 Å². The Morgan fingerprint density at radius 2 is 2.11 bits per heavy atom. The van der Waals surface area contributed by atoms with Crippen LogP contribution in [-0.2, 0) is 4.79 Å². The minimum Gasteiger partial charge on any atom is -0.497 e. The molecule has 104 valence electrons. The Bertz CT molecular complexity index is 454. The van der Waals surface area contributed by atoms with Crippen molar-refractivity contribution in [1.82, 2.24) is 0 Å². The summed E-state index contributed by atoms with van der Waals surface area (Å²) < 4.78 is 5.15. The highest BCUT2D eigenvalue weighted by molar-refractivity contribution is 5.74. The molecule has 1 aliphatic rings. The zero-order valence-corrected chi connectivity index (χ0v) is 11.3. The van der Waals surface area contributed by atoms with Crippen LogP contribution in [0.4, 0.5) is 11.4 Å². The summed E-state index contributed by atoms with van der Waals surface area (Å²) in [7, 11) is 1.63. The first-order chi connectivity index (χ1) is 9.10. The van der Waals surface area contributed by atoms with Crippen LogP contribution in [0, 0.1) is 5.92 Å². The molecule has 1 aromatic carbocycles. The summed E-state index contributed by atoms with van der Waals surface area (Å²) in [5.74, 6) is 0.973. The number of nitrogens with zero attached hydrogens (tertiary/aromatic N) is 1. The molecular weight excluding hydrogens is 242 g/mol. The van der Waals surface area contributed by atoms with E-state index < -0.39 is 0 Å². The van der Waals surface area contributed by atoms with Crippen molar-refractivity contribution in [2.75, 3.05) is 30.8 Å². The first-order valence-electron chi connectivity index (χ1n) is 6.57. The van der Waals surface area contributed by atoms with Gasteiger partial charge in [0.15, 0.2) is 0 Å². The number of carbonyl (C=O) groups excluding carboxylic acids is 1. The topological polar surface area (TPSA) is 81.6 Å². The molecule has 1 heterocycles. The van der Waals surface area contributed by atoms with E-state index in [1.54, 1.807) is 7.11 Å². The molecule has 1 fully saturated rings. The van der Waals surface area contributed by atoms with Gasteiger partial charge in [0.05, 0.1) is 18.5 Å². The van der Waals surface area contributed by atoms with E-state index in [9.17, 15) is 4.79 Å². The van der Waals surface area contributed by atoms with E-state index in [2.05, 4.69) is 4.90 Å². The highest BCUT2D eigenvalue weighted by Gasteiger charge is 2.21. The number of rotatable bonds is 4. The van der Waals surface area contributed by atoms with Crippen molar-refractivity contribution < 1.29 is 9.53 Å². The fourth-order valence-corrected chi connectivity index (χ4v) is 2.61. The van der Waals surface area contributed by atoms with Crippen molar-refractivity contribution in [2.45, 2.75) is 19.3 Å². The number of ether oxygens (including phenoxy) is 1. The zero-order chi connectivity index (χ0) is 13.8. The molecule has 0 aliphatic carbocycles. The Balaban J connectivity index is 1.99. The summed E-state index contributed by atoms with van der Waals surface area (Å²) in [5.41, 5.74) is 13.1. The summed E-state index contributed by atoms with van der Waals surface area (Å²) in [6.45, 7) is 1.82. The normalized spacial score (nSPS) is 16.4. The van der Waals surface area contributed by atoms with Crippen molar-refractivity contribution in [3.63, 3.8) is 0 Å². The molecule has 0 spiro atoms. The number of nitrogens with two attached hydrogens (primary N) is 2. The Hall–Kier alpha value is -1.91. The maximum absolute atomic E-state index is 10.9. The van der Waals surface area contributed by atoms with E-state index >= 15 is 0 Å². The van der Waals surface area contributed by atoms with Gasteiger partial charge in [-0.3, -0.25) is 4.79 Å². The first-order valence-corrected chi connectivity index (χ1v) is 6.57. The molecule has 1 aliphatic heterocycles. The number of hydrogen-bond donors (Lipinski definition) is 2. The van der Waals surface area contributed by atoms with Gasteiger partial charge in [0, 0.05) is 25.6 Å². The predicted octanol–water partition coefficient (Wildman–Crippen LogP) is 1.37. The van der Waals surface area contributed by atoms with E-state index in [-0.39, 0.29) is 5.91 Å². The summed E-state index contributed by atoms with van der Waals surface area (Å²) >= 11 is 0. The molecule has 0 radical (unpaired) electrons. The van der Waals surface area contributed by atoms with Crippen LogP contribution < -0.4 is 21.1 Å². The average molecular weight is 263 g/mol. The second-order valence-electron chi connectivity index (χ2n) is 5.03. The Morgan fingerprint density at radius 1 is 1.42 bits per heavy atom. The number of amides is 1. The number of nitrogen functional groups attached to an aromatic ring is 1. The number of carbonyl (C=O) groups is 1. The van der Waals surface area contributed by atoms with Gasteiger partial charge >= 0.3 is 0 Å². The molecule has 0 bridgehead atoms. The molecular formula is C14H21N3O2. The number of hydrogen-bond acceptors (Lipinski definition) is 4. The van der Waals surface area contributed by atoms with Crippen molar-refractivity contribution in [2.24, 2.45) is 11.7 Å². The Labute approximate surface area is 113 Å². The lowest BCUT2D eigenvalue weighted by atomic mass is 9.93. The van der Waals surface area contributed by atoms with E-state index in [4.69, 9.17) is 16.2 Å². The largest absolute Gasteiger partial charge is 0.497 e. The van der Waals surface area contributed by atoms with E-state index in [0.29, 0.717) is 12.3 Å².